The number of nitrogens with one attached hydrogen (secondary N) is 2. The van der Waals surface area contributed by atoms with E-state index in [-0.39, 0.29) is 18.6 Å². The van der Waals surface area contributed by atoms with Gasteiger partial charge in [-0.15, -0.1) is 0 Å². The number of rotatable bonds is 6. The molecule has 0 radical (unpaired) electrons. The summed E-state index contributed by atoms with van der Waals surface area (Å²) >= 11 is 6.49. The Labute approximate surface area is 176 Å². The molecule has 3 heterocycles. The third kappa shape index (κ3) is 4.73. The Balaban J connectivity index is 1.40. The monoisotopic (exact) mass is 417 g/mol. The molecular formula is C21H28ClN5O2. The Kier molecular flexibility index (Phi) is 6.35. The van der Waals surface area contributed by atoms with Crippen LogP contribution in [0.2, 0.25) is 5.02 Å². The average molecular weight is 418 g/mol. The summed E-state index contributed by atoms with van der Waals surface area (Å²) < 4.78 is 6.98. The average Bonchev–Trinajstić information content (AvgIpc) is 3.15. The quantitative estimate of drug-likeness (QED) is 0.752. The van der Waals surface area contributed by atoms with Gasteiger partial charge in [0.15, 0.2) is 0 Å². The van der Waals surface area contributed by atoms with Crippen LogP contribution in [0.5, 0.6) is 0 Å². The van der Waals surface area contributed by atoms with Crippen molar-refractivity contribution >= 4 is 23.3 Å². The summed E-state index contributed by atoms with van der Waals surface area (Å²) in [6.07, 6.45) is 10.9. The molecule has 29 heavy (non-hydrogen) atoms. The summed E-state index contributed by atoms with van der Waals surface area (Å²) in [5.74, 6) is 0.796. The normalized spacial score (nSPS) is 21.4. The molecule has 8 heteroatoms. The van der Waals surface area contributed by atoms with E-state index in [1.54, 1.807) is 6.20 Å². The lowest BCUT2D eigenvalue weighted by Gasteiger charge is -2.30. The smallest absolute Gasteiger partial charge is 0.246 e. The highest BCUT2D eigenvalue weighted by Gasteiger charge is 2.23. The summed E-state index contributed by atoms with van der Waals surface area (Å²) in [5.41, 5.74) is 3.38. The Morgan fingerprint density at radius 3 is 2.79 bits per heavy atom. The summed E-state index contributed by atoms with van der Waals surface area (Å²) in [4.78, 5) is 16.2. The number of carbonyl (C=O) groups is 1. The van der Waals surface area contributed by atoms with Crippen molar-refractivity contribution in [3.05, 3.63) is 29.2 Å². The Morgan fingerprint density at radius 2 is 2.00 bits per heavy atom. The molecule has 0 saturated heterocycles. The van der Waals surface area contributed by atoms with Crippen LogP contribution in [0.4, 0.5) is 5.82 Å². The van der Waals surface area contributed by atoms with Gasteiger partial charge in [-0.2, -0.15) is 5.10 Å². The van der Waals surface area contributed by atoms with Crippen LogP contribution in [-0.2, 0) is 22.5 Å². The van der Waals surface area contributed by atoms with Crippen molar-refractivity contribution < 1.29 is 9.53 Å². The molecule has 7 nitrogen and oxygen atoms in total. The SMILES string of the molecule is COCC(=O)NC1CCC(Nc2cc(-c3cnn4c3CCCC4)c(Cl)cn2)CC1. The van der Waals surface area contributed by atoms with Gasteiger partial charge in [0.25, 0.3) is 0 Å². The van der Waals surface area contributed by atoms with Gasteiger partial charge in [0.2, 0.25) is 5.91 Å². The number of ether oxygens (including phenoxy) is 1. The van der Waals surface area contributed by atoms with Crippen LogP contribution >= 0.6 is 11.6 Å². The van der Waals surface area contributed by atoms with Crippen LogP contribution in [0.1, 0.15) is 44.2 Å². The van der Waals surface area contributed by atoms with E-state index in [2.05, 4.69) is 25.4 Å². The number of aryl methyl sites for hydroxylation is 1. The predicted octanol–water partition coefficient (Wildman–Crippen LogP) is 3.42. The molecule has 1 amide bonds. The van der Waals surface area contributed by atoms with Crippen molar-refractivity contribution in [3.63, 3.8) is 0 Å². The fourth-order valence-corrected chi connectivity index (χ4v) is 4.57. The standard InChI is InChI=1S/C21H28ClN5O2/c1-29-13-21(28)26-15-7-5-14(6-8-15)25-20-10-16(18(22)12-23-20)17-11-24-27-9-3-2-4-19(17)27/h10-12,14-15H,2-9,13H2,1H3,(H,23,25)(H,26,28). The van der Waals surface area contributed by atoms with E-state index in [9.17, 15) is 4.79 Å². The zero-order valence-corrected chi connectivity index (χ0v) is 17.5. The molecule has 1 saturated carbocycles. The second-order valence-electron chi connectivity index (χ2n) is 7.93. The number of hydrogen-bond acceptors (Lipinski definition) is 5. The first-order chi connectivity index (χ1) is 14.1. The van der Waals surface area contributed by atoms with Gasteiger partial charge in [-0.05, 0) is 51.0 Å². The number of anilines is 1. The summed E-state index contributed by atoms with van der Waals surface area (Å²) in [5, 5.41) is 11.8. The molecule has 1 aliphatic carbocycles. The number of aromatic nitrogens is 3. The van der Waals surface area contributed by atoms with Gasteiger partial charge >= 0.3 is 0 Å². The van der Waals surface area contributed by atoms with Crippen LogP contribution in [0, 0.1) is 0 Å². The zero-order valence-electron chi connectivity index (χ0n) is 16.8. The van der Waals surface area contributed by atoms with Crippen LogP contribution in [0.25, 0.3) is 11.1 Å². The van der Waals surface area contributed by atoms with Crippen LogP contribution in [0.3, 0.4) is 0 Å². The van der Waals surface area contributed by atoms with Crippen molar-refractivity contribution in [2.45, 2.75) is 63.6 Å². The molecule has 0 aromatic carbocycles. The van der Waals surface area contributed by atoms with Gasteiger partial charge in [-0.3, -0.25) is 9.48 Å². The molecular weight excluding hydrogens is 390 g/mol. The fraction of sp³-hybridized carbons (Fsp3) is 0.571. The molecule has 2 N–H and O–H groups in total. The molecule has 1 fully saturated rings. The number of nitrogens with zero attached hydrogens (tertiary/aromatic N) is 3. The Morgan fingerprint density at radius 1 is 1.21 bits per heavy atom. The summed E-state index contributed by atoms with van der Waals surface area (Å²) in [7, 11) is 1.54. The van der Waals surface area contributed by atoms with E-state index < -0.39 is 0 Å². The van der Waals surface area contributed by atoms with Crippen molar-refractivity contribution in [1.29, 1.82) is 0 Å². The third-order valence-electron chi connectivity index (χ3n) is 5.85. The lowest BCUT2D eigenvalue weighted by Crippen LogP contribution is -2.41. The number of carbonyl (C=O) groups excluding carboxylic acids is 1. The first kappa shape index (κ1) is 20.2. The number of halogens is 1. The topological polar surface area (TPSA) is 81.1 Å². The summed E-state index contributed by atoms with van der Waals surface area (Å²) in [6, 6.07) is 2.61. The minimum absolute atomic E-state index is 0.0440. The van der Waals surface area contributed by atoms with Crippen LogP contribution in [0.15, 0.2) is 18.5 Å². The highest BCUT2D eigenvalue weighted by Crippen LogP contribution is 2.34. The molecule has 0 unspecified atom stereocenters. The molecule has 2 aliphatic rings. The minimum Gasteiger partial charge on any atom is -0.375 e. The van der Waals surface area contributed by atoms with E-state index in [0.717, 1.165) is 55.6 Å². The Hall–Kier alpha value is -2.12. The third-order valence-corrected chi connectivity index (χ3v) is 6.15. The number of pyridine rings is 1. The van der Waals surface area contributed by atoms with Crippen molar-refractivity contribution in [1.82, 2.24) is 20.1 Å². The zero-order chi connectivity index (χ0) is 20.2. The highest BCUT2D eigenvalue weighted by atomic mass is 35.5. The van der Waals surface area contributed by atoms with Gasteiger partial charge in [0, 0.05) is 48.8 Å². The molecule has 2 aromatic heterocycles. The van der Waals surface area contributed by atoms with E-state index in [0.29, 0.717) is 11.1 Å². The van der Waals surface area contributed by atoms with E-state index >= 15 is 0 Å². The molecule has 4 rings (SSSR count). The molecule has 0 atom stereocenters. The second kappa shape index (κ2) is 9.13. The van der Waals surface area contributed by atoms with E-state index in [1.165, 1.54) is 25.6 Å². The van der Waals surface area contributed by atoms with Gasteiger partial charge in [0.05, 0.1) is 11.2 Å². The van der Waals surface area contributed by atoms with Gasteiger partial charge < -0.3 is 15.4 Å². The van der Waals surface area contributed by atoms with Crippen LogP contribution < -0.4 is 10.6 Å². The number of fused-ring (bicyclic) bond motifs is 1. The summed E-state index contributed by atoms with van der Waals surface area (Å²) in [6.45, 7) is 1.10. The van der Waals surface area contributed by atoms with Crippen molar-refractivity contribution in [2.24, 2.45) is 0 Å². The number of methoxy groups -OCH3 is 1. The van der Waals surface area contributed by atoms with Gasteiger partial charge in [0.1, 0.15) is 12.4 Å². The van der Waals surface area contributed by atoms with Crippen molar-refractivity contribution in [2.75, 3.05) is 19.0 Å². The minimum atomic E-state index is -0.0440. The maximum atomic E-state index is 11.7. The predicted molar refractivity (Wildman–Crippen MR) is 113 cm³/mol. The molecule has 2 aromatic rings. The van der Waals surface area contributed by atoms with Crippen molar-refractivity contribution in [3.8, 4) is 11.1 Å². The highest BCUT2D eigenvalue weighted by molar-refractivity contribution is 6.33. The second-order valence-corrected chi connectivity index (χ2v) is 8.34. The fourth-order valence-electron chi connectivity index (χ4n) is 4.36. The molecule has 1 aliphatic heterocycles. The number of hydrogen-bond donors (Lipinski definition) is 2. The molecule has 0 spiro atoms. The van der Waals surface area contributed by atoms with E-state index in [4.69, 9.17) is 16.3 Å². The van der Waals surface area contributed by atoms with E-state index in [1.807, 2.05) is 12.3 Å². The molecule has 156 valence electrons. The largest absolute Gasteiger partial charge is 0.375 e. The lowest BCUT2D eigenvalue weighted by molar-refractivity contribution is -0.125. The first-order valence-electron chi connectivity index (χ1n) is 10.4. The number of amides is 1. The first-order valence-corrected chi connectivity index (χ1v) is 10.8. The van der Waals surface area contributed by atoms with Gasteiger partial charge in [-0.25, -0.2) is 4.98 Å². The lowest BCUT2D eigenvalue weighted by atomic mass is 9.91. The van der Waals surface area contributed by atoms with Gasteiger partial charge in [-0.1, -0.05) is 11.6 Å². The maximum absolute atomic E-state index is 11.7. The molecule has 0 bridgehead atoms. The maximum Gasteiger partial charge on any atom is 0.246 e. The Bertz CT molecular complexity index is 861. The van der Waals surface area contributed by atoms with Crippen LogP contribution in [-0.4, -0.2) is 46.5 Å².